The molecule has 0 bridgehead atoms. The fourth-order valence-electron chi connectivity index (χ4n) is 3.01. The van der Waals surface area contributed by atoms with E-state index < -0.39 is 11.6 Å². The van der Waals surface area contributed by atoms with Crippen molar-refractivity contribution in [1.82, 2.24) is 14.9 Å². The summed E-state index contributed by atoms with van der Waals surface area (Å²) in [6, 6.07) is 7.02. The molecule has 1 amide bonds. The van der Waals surface area contributed by atoms with Gasteiger partial charge in [0.1, 0.15) is 5.60 Å². The number of carbonyl (C=O) groups excluding carboxylic acids is 2. The molecule has 0 saturated carbocycles. The first-order valence-corrected chi connectivity index (χ1v) is 9.50. The van der Waals surface area contributed by atoms with Crippen LogP contribution in [0.3, 0.4) is 0 Å². The lowest BCUT2D eigenvalue weighted by molar-refractivity contribution is 0.0240. The zero-order valence-electron chi connectivity index (χ0n) is 17.2. The number of anilines is 1. The van der Waals surface area contributed by atoms with Crippen LogP contribution < -0.4 is 4.90 Å². The SMILES string of the molecule is COC(=O)c1cccc(-c2ncc(N3CCN(C(=O)OC(C)(C)C)CC3)cn2)c1. The fraction of sp³-hybridized carbons (Fsp3) is 0.429. The van der Waals surface area contributed by atoms with Gasteiger partial charge in [-0.1, -0.05) is 12.1 Å². The first-order chi connectivity index (χ1) is 13.8. The summed E-state index contributed by atoms with van der Waals surface area (Å²) in [7, 11) is 1.35. The number of carbonyl (C=O) groups is 2. The molecule has 1 aromatic heterocycles. The number of ether oxygens (including phenoxy) is 2. The van der Waals surface area contributed by atoms with Crippen molar-refractivity contribution in [2.45, 2.75) is 26.4 Å². The van der Waals surface area contributed by atoms with Gasteiger partial charge < -0.3 is 19.3 Å². The van der Waals surface area contributed by atoms with Crippen molar-refractivity contribution in [3.63, 3.8) is 0 Å². The summed E-state index contributed by atoms with van der Waals surface area (Å²) < 4.78 is 10.2. The number of benzene rings is 1. The maximum atomic E-state index is 12.2. The molecular formula is C21H26N4O4. The first kappa shape index (κ1) is 20.6. The first-order valence-electron chi connectivity index (χ1n) is 9.50. The van der Waals surface area contributed by atoms with Gasteiger partial charge in [-0.2, -0.15) is 0 Å². The molecular weight excluding hydrogens is 372 g/mol. The molecule has 1 aromatic carbocycles. The molecule has 29 heavy (non-hydrogen) atoms. The van der Waals surface area contributed by atoms with Crippen LogP contribution in [0.2, 0.25) is 0 Å². The standard InChI is InChI=1S/C21H26N4O4/c1-21(2,3)29-20(27)25-10-8-24(9-11-25)17-13-22-18(23-14-17)15-6-5-7-16(12-15)19(26)28-4/h5-7,12-14H,8-11H2,1-4H3. The minimum Gasteiger partial charge on any atom is -0.465 e. The van der Waals surface area contributed by atoms with E-state index in [1.54, 1.807) is 35.5 Å². The minimum atomic E-state index is -0.497. The van der Waals surface area contributed by atoms with Crippen molar-refractivity contribution in [3.8, 4) is 11.4 Å². The smallest absolute Gasteiger partial charge is 0.410 e. The maximum absolute atomic E-state index is 12.2. The molecule has 1 aliphatic rings. The third-order valence-electron chi connectivity index (χ3n) is 4.48. The van der Waals surface area contributed by atoms with Gasteiger partial charge in [-0.3, -0.25) is 0 Å². The van der Waals surface area contributed by atoms with Gasteiger partial charge in [0, 0.05) is 31.7 Å². The fourth-order valence-corrected chi connectivity index (χ4v) is 3.01. The molecule has 2 aromatic rings. The van der Waals surface area contributed by atoms with Crippen LogP contribution >= 0.6 is 0 Å². The summed E-state index contributed by atoms with van der Waals surface area (Å²) in [6.45, 7) is 8.11. The number of nitrogens with zero attached hydrogens (tertiary/aromatic N) is 4. The van der Waals surface area contributed by atoms with E-state index in [0.29, 0.717) is 37.6 Å². The number of methoxy groups -OCH3 is 1. The Hall–Kier alpha value is -3.16. The van der Waals surface area contributed by atoms with E-state index in [0.717, 1.165) is 11.3 Å². The van der Waals surface area contributed by atoms with Crippen LogP contribution in [-0.4, -0.2) is 65.8 Å². The van der Waals surface area contributed by atoms with E-state index in [2.05, 4.69) is 14.9 Å². The van der Waals surface area contributed by atoms with E-state index in [-0.39, 0.29) is 6.09 Å². The van der Waals surface area contributed by atoms with Crippen molar-refractivity contribution < 1.29 is 19.1 Å². The number of esters is 1. The number of hydrogen-bond acceptors (Lipinski definition) is 7. The maximum Gasteiger partial charge on any atom is 0.410 e. The molecule has 2 heterocycles. The van der Waals surface area contributed by atoms with Gasteiger partial charge in [0.2, 0.25) is 0 Å². The highest BCUT2D eigenvalue weighted by Crippen LogP contribution is 2.21. The molecule has 1 aliphatic heterocycles. The average Bonchev–Trinajstić information content (AvgIpc) is 2.72. The summed E-state index contributed by atoms with van der Waals surface area (Å²) in [6.07, 6.45) is 3.24. The molecule has 8 nitrogen and oxygen atoms in total. The highest BCUT2D eigenvalue weighted by Gasteiger charge is 2.26. The Bertz CT molecular complexity index is 869. The zero-order valence-corrected chi connectivity index (χ0v) is 17.2. The third-order valence-corrected chi connectivity index (χ3v) is 4.48. The Morgan fingerprint density at radius 3 is 2.28 bits per heavy atom. The largest absolute Gasteiger partial charge is 0.465 e. The monoisotopic (exact) mass is 398 g/mol. The third kappa shape index (κ3) is 5.22. The quantitative estimate of drug-likeness (QED) is 0.735. The number of amides is 1. The Morgan fingerprint density at radius 2 is 1.69 bits per heavy atom. The molecule has 0 atom stereocenters. The van der Waals surface area contributed by atoms with Crippen LogP contribution in [-0.2, 0) is 9.47 Å². The lowest BCUT2D eigenvalue weighted by Gasteiger charge is -2.36. The van der Waals surface area contributed by atoms with Crippen LogP contribution in [0.4, 0.5) is 10.5 Å². The van der Waals surface area contributed by atoms with Gasteiger partial charge in [-0.05, 0) is 32.9 Å². The van der Waals surface area contributed by atoms with E-state index in [9.17, 15) is 9.59 Å². The van der Waals surface area contributed by atoms with E-state index in [1.807, 2.05) is 26.8 Å². The van der Waals surface area contributed by atoms with Gasteiger partial charge in [-0.15, -0.1) is 0 Å². The predicted molar refractivity (Wildman–Crippen MR) is 109 cm³/mol. The zero-order chi connectivity index (χ0) is 21.0. The van der Waals surface area contributed by atoms with Crippen molar-refractivity contribution >= 4 is 17.7 Å². The van der Waals surface area contributed by atoms with Gasteiger partial charge >= 0.3 is 12.1 Å². The summed E-state index contributed by atoms with van der Waals surface area (Å²) in [5.74, 6) is 0.137. The lowest BCUT2D eigenvalue weighted by Crippen LogP contribution is -2.50. The van der Waals surface area contributed by atoms with Crippen molar-refractivity contribution in [1.29, 1.82) is 0 Å². The molecule has 0 aliphatic carbocycles. The Balaban J connectivity index is 1.63. The second-order valence-corrected chi connectivity index (χ2v) is 7.79. The summed E-state index contributed by atoms with van der Waals surface area (Å²) in [5.41, 5.74) is 1.59. The Morgan fingerprint density at radius 1 is 1.03 bits per heavy atom. The molecule has 0 spiro atoms. The number of hydrogen-bond donors (Lipinski definition) is 0. The van der Waals surface area contributed by atoms with Gasteiger partial charge in [0.25, 0.3) is 0 Å². The average molecular weight is 398 g/mol. The molecule has 154 valence electrons. The van der Waals surface area contributed by atoms with Crippen LogP contribution in [0.25, 0.3) is 11.4 Å². The Labute approximate surface area is 170 Å². The van der Waals surface area contributed by atoms with E-state index in [4.69, 9.17) is 9.47 Å². The lowest BCUT2D eigenvalue weighted by atomic mass is 10.1. The van der Waals surface area contributed by atoms with Crippen LogP contribution in [0.5, 0.6) is 0 Å². The topological polar surface area (TPSA) is 84.9 Å². The number of aromatic nitrogens is 2. The second kappa shape index (κ2) is 8.46. The van der Waals surface area contributed by atoms with Crippen molar-refractivity contribution in [2.24, 2.45) is 0 Å². The molecule has 1 fully saturated rings. The van der Waals surface area contributed by atoms with Crippen LogP contribution in [0.1, 0.15) is 31.1 Å². The number of rotatable bonds is 3. The van der Waals surface area contributed by atoms with Crippen LogP contribution in [0.15, 0.2) is 36.7 Å². The molecule has 3 rings (SSSR count). The second-order valence-electron chi connectivity index (χ2n) is 7.79. The molecule has 0 N–H and O–H groups in total. The minimum absolute atomic E-state index is 0.283. The van der Waals surface area contributed by atoms with Crippen LogP contribution in [0, 0.1) is 0 Å². The Kier molecular flexibility index (Phi) is 6.00. The van der Waals surface area contributed by atoms with E-state index >= 15 is 0 Å². The highest BCUT2D eigenvalue weighted by molar-refractivity contribution is 5.90. The molecule has 8 heteroatoms. The molecule has 1 saturated heterocycles. The summed E-state index contributed by atoms with van der Waals surface area (Å²) >= 11 is 0. The molecule has 0 radical (unpaired) electrons. The van der Waals surface area contributed by atoms with Gasteiger partial charge in [-0.25, -0.2) is 19.6 Å². The van der Waals surface area contributed by atoms with Gasteiger partial charge in [0.05, 0.1) is 30.8 Å². The normalized spacial score (nSPS) is 14.5. The predicted octanol–water partition coefficient (Wildman–Crippen LogP) is 2.99. The molecule has 0 unspecified atom stereocenters. The van der Waals surface area contributed by atoms with Crippen molar-refractivity contribution in [2.75, 3.05) is 38.2 Å². The van der Waals surface area contributed by atoms with Crippen molar-refractivity contribution in [3.05, 3.63) is 42.2 Å². The van der Waals surface area contributed by atoms with E-state index in [1.165, 1.54) is 7.11 Å². The number of piperazine rings is 1. The summed E-state index contributed by atoms with van der Waals surface area (Å²) in [5, 5.41) is 0. The van der Waals surface area contributed by atoms with Gasteiger partial charge in [0.15, 0.2) is 5.82 Å². The highest BCUT2D eigenvalue weighted by atomic mass is 16.6. The summed E-state index contributed by atoms with van der Waals surface area (Å²) in [4.78, 5) is 36.6.